The van der Waals surface area contributed by atoms with Crippen LogP contribution in [-0.2, 0) is 20.9 Å². The van der Waals surface area contributed by atoms with Crippen molar-refractivity contribution >= 4 is 22.6 Å². The molecule has 0 aliphatic carbocycles. The Kier molecular flexibility index (Phi) is 6.92. The third kappa shape index (κ3) is 5.80. The molecule has 146 valence electrons. The Morgan fingerprint density at radius 2 is 1.78 bits per heavy atom. The Balaban J connectivity index is 1.92. The van der Waals surface area contributed by atoms with Gasteiger partial charge in [0, 0.05) is 6.04 Å². The molecular weight excluding hydrogens is 350 g/mol. The summed E-state index contributed by atoms with van der Waals surface area (Å²) in [5.41, 5.74) is -0.983. The summed E-state index contributed by atoms with van der Waals surface area (Å²) < 4.78 is 5.79. The van der Waals surface area contributed by atoms with Crippen molar-refractivity contribution in [2.75, 3.05) is 6.61 Å². The summed E-state index contributed by atoms with van der Waals surface area (Å²) >= 11 is 0. The second kappa shape index (κ2) is 9.16. The van der Waals surface area contributed by atoms with Crippen molar-refractivity contribution < 1.29 is 14.3 Å². The van der Waals surface area contributed by atoms with Crippen molar-refractivity contribution in [3.63, 3.8) is 0 Å². The maximum Gasteiger partial charge on any atom is 0.328 e. The molecule has 0 unspecified atom stereocenters. The molecule has 1 aromatic heterocycles. The standard InChI is InChI=1S/C19H25N3O5/c1-12(2)8-9-13(3)20-16(23)11-27-17(24)10-22-19(26)15-7-5-4-6-14(15)18(25)21-22/h4-7,12-13H,8-11H2,1-3H3,(H,20,23)(H,21,25)/t13-/m1/s1. The Morgan fingerprint density at radius 3 is 2.44 bits per heavy atom. The van der Waals surface area contributed by atoms with E-state index in [4.69, 9.17) is 4.74 Å². The van der Waals surface area contributed by atoms with Crippen LogP contribution in [0.2, 0.25) is 0 Å². The van der Waals surface area contributed by atoms with E-state index < -0.39 is 36.1 Å². The van der Waals surface area contributed by atoms with Crippen molar-refractivity contribution in [1.29, 1.82) is 0 Å². The van der Waals surface area contributed by atoms with Crippen molar-refractivity contribution in [3.8, 4) is 0 Å². The summed E-state index contributed by atoms with van der Waals surface area (Å²) in [5.74, 6) is -0.642. The zero-order chi connectivity index (χ0) is 20.0. The van der Waals surface area contributed by atoms with E-state index in [0.717, 1.165) is 17.5 Å². The lowest BCUT2D eigenvalue weighted by molar-refractivity contribution is -0.149. The summed E-state index contributed by atoms with van der Waals surface area (Å²) in [5, 5.41) is 5.57. The molecule has 27 heavy (non-hydrogen) atoms. The van der Waals surface area contributed by atoms with Crippen LogP contribution >= 0.6 is 0 Å². The minimum absolute atomic E-state index is 0.0157. The first kappa shape index (κ1) is 20.4. The lowest BCUT2D eigenvalue weighted by atomic mass is 10.0. The van der Waals surface area contributed by atoms with Crippen LogP contribution in [-0.4, -0.2) is 34.3 Å². The van der Waals surface area contributed by atoms with Crippen molar-refractivity contribution in [2.45, 2.75) is 46.2 Å². The fourth-order valence-electron chi connectivity index (χ4n) is 2.65. The zero-order valence-electron chi connectivity index (χ0n) is 15.8. The molecule has 8 nitrogen and oxygen atoms in total. The fourth-order valence-corrected chi connectivity index (χ4v) is 2.65. The number of H-pyrrole nitrogens is 1. The summed E-state index contributed by atoms with van der Waals surface area (Å²) in [7, 11) is 0. The Labute approximate surface area is 156 Å². The van der Waals surface area contributed by atoms with Gasteiger partial charge in [0.2, 0.25) is 0 Å². The number of fused-ring (bicyclic) bond motifs is 1. The summed E-state index contributed by atoms with van der Waals surface area (Å²) in [4.78, 5) is 48.1. The highest BCUT2D eigenvalue weighted by Gasteiger charge is 2.14. The molecule has 8 heteroatoms. The van der Waals surface area contributed by atoms with Crippen molar-refractivity contribution in [3.05, 3.63) is 45.0 Å². The van der Waals surface area contributed by atoms with Crippen molar-refractivity contribution in [2.24, 2.45) is 5.92 Å². The molecule has 1 atom stereocenters. The fraction of sp³-hybridized carbons (Fsp3) is 0.474. The van der Waals surface area contributed by atoms with Crippen LogP contribution in [0.1, 0.15) is 33.6 Å². The number of ether oxygens (including phenoxy) is 1. The molecule has 2 aromatic rings. The van der Waals surface area contributed by atoms with Crippen LogP contribution in [0.5, 0.6) is 0 Å². The third-order valence-electron chi connectivity index (χ3n) is 4.12. The van der Waals surface area contributed by atoms with Gasteiger partial charge < -0.3 is 10.1 Å². The van der Waals surface area contributed by atoms with E-state index in [9.17, 15) is 19.2 Å². The van der Waals surface area contributed by atoms with Gasteiger partial charge in [0.1, 0.15) is 6.54 Å². The van der Waals surface area contributed by atoms with E-state index in [1.165, 1.54) is 12.1 Å². The molecule has 2 N–H and O–H groups in total. The van der Waals surface area contributed by atoms with Crippen LogP contribution in [0.4, 0.5) is 0 Å². The smallest absolute Gasteiger partial charge is 0.328 e. The van der Waals surface area contributed by atoms with Crippen LogP contribution in [0.15, 0.2) is 33.9 Å². The van der Waals surface area contributed by atoms with E-state index in [1.54, 1.807) is 12.1 Å². The molecule has 1 aromatic carbocycles. The number of aromatic amines is 1. The Bertz CT molecular complexity index is 929. The number of esters is 1. The minimum atomic E-state index is -0.784. The van der Waals surface area contributed by atoms with Gasteiger partial charge in [-0.25, -0.2) is 4.68 Å². The quantitative estimate of drug-likeness (QED) is 0.673. The zero-order valence-corrected chi connectivity index (χ0v) is 15.8. The summed E-state index contributed by atoms with van der Waals surface area (Å²) in [6.07, 6.45) is 1.82. The first-order chi connectivity index (χ1) is 12.8. The van der Waals surface area contributed by atoms with Gasteiger partial charge in [-0.2, -0.15) is 0 Å². The second-order valence-electron chi connectivity index (χ2n) is 6.98. The topological polar surface area (TPSA) is 110 Å². The molecular formula is C19H25N3O5. The Morgan fingerprint density at radius 1 is 1.11 bits per heavy atom. The molecule has 1 amide bonds. The van der Waals surface area contributed by atoms with Crippen molar-refractivity contribution in [1.82, 2.24) is 15.1 Å². The maximum atomic E-state index is 12.3. The third-order valence-corrected chi connectivity index (χ3v) is 4.12. The Hall–Kier alpha value is -2.90. The predicted octanol–water partition coefficient (Wildman–Crippen LogP) is 1.17. The highest BCUT2D eigenvalue weighted by molar-refractivity contribution is 5.81. The molecule has 0 radical (unpaired) electrons. The van der Waals surface area contributed by atoms with Gasteiger partial charge in [0.25, 0.3) is 17.0 Å². The lowest BCUT2D eigenvalue weighted by Crippen LogP contribution is -2.37. The number of hydrogen-bond acceptors (Lipinski definition) is 5. The first-order valence-corrected chi connectivity index (χ1v) is 8.94. The molecule has 0 fully saturated rings. The van der Waals surface area contributed by atoms with Gasteiger partial charge in [-0.05, 0) is 37.8 Å². The van der Waals surface area contributed by atoms with Gasteiger partial charge in [-0.15, -0.1) is 0 Å². The first-order valence-electron chi connectivity index (χ1n) is 8.94. The number of hydrogen-bond donors (Lipinski definition) is 2. The second-order valence-corrected chi connectivity index (χ2v) is 6.98. The molecule has 0 saturated heterocycles. The van der Waals surface area contributed by atoms with E-state index >= 15 is 0 Å². The van der Waals surface area contributed by atoms with E-state index in [1.807, 2.05) is 6.92 Å². The van der Waals surface area contributed by atoms with Gasteiger partial charge in [-0.1, -0.05) is 26.0 Å². The molecule has 2 rings (SSSR count). The average molecular weight is 375 g/mol. The minimum Gasteiger partial charge on any atom is -0.454 e. The molecule has 0 saturated carbocycles. The summed E-state index contributed by atoms with van der Waals surface area (Å²) in [6.45, 7) is 5.19. The van der Waals surface area contributed by atoms with Gasteiger partial charge in [-0.3, -0.25) is 24.3 Å². The number of rotatable bonds is 8. The van der Waals surface area contributed by atoms with Crippen LogP contribution in [0.25, 0.3) is 10.8 Å². The lowest BCUT2D eigenvalue weighted by Gasteiger charge is -2.15. The maximum absolute atomic E-state index is 12.3. The summed E-state index contributed by atoms with van der Waals surface area (Å²) in [6, 6.07) is 6.31. The number of nitrogens with one attached hydrogen (secondary N) is 2. The largest absolute Gasteiger partial charge is 0.454 e. The van der Waals surface area contributed by atoms with Gasteiger partial charge >= 0.3 is 5.97 Å². The van der Waals surface area contributed by atoms with Crippen LogP contribution in [0, 0.1) is 5.92 Å². The normalized spacial score (nSPS) is 12.1. The number of amides is 1. The number of carbonyl (C=O) groups is 2. The monoisotopic (exact) mass is 375 g/mol. The van der Waals surface area contributed by atoms with E-state index in [0.29, 0.717) is 5.92 Å². The van der Waals surface area contributed by atoms with E-state index in [2.05, 4.69) is 24.3 Å². The molecule has 1 heterocycles. The number of aromatic nitrogens is 2. The predicted molar refractivity (Wildman–Crippen MR) is 101 cm³/mol. The van der Waals surface area contributed by atoms with Crippen LogP contribution < -0.4 is 16.4 Å². The molecule has 0 bridgehead atoms. The molecule has 0 spiro atoms. The highest BCUT2D eigenvalue weighted by atomic mass is 16.5. The molecule has 0 aliphatic rings. The SMILES string of the molecule is CC(C)CC[C@@H](C)NC(=O)COC(=O)Cn1[nH]c(=O)c2ccccc2c1=O. The number of benzene rings is 1. The van der Waals surface area contributed by atoms with Crippen LogP contribution in [0.3, 0.4) is 0 Å². The highest BCUT2D eigenvalue weighted by Crippen LogP contribution is 2.06. The van der Waals surface area contributed by atoms with Gasteiger partial charge in [0.15, 0.2) is 6.61 Å². The molecule has 0 aliphatic heterocycles. The number of carbonyl (C=O) groups excluding carboxylic acids is 2. The number of nitrogens with zero attached hydrogens (tertiary/aromatic N) is 1. The van der Waals surface area contributed by atoms with Gasteiger partial charge in [0.05, 0.1) is 10.8 Å². The average Bonchev–Trinajstić information content (AvgIpc) is 2.62. The van der Waals surface area contributed by atoms with E-state index in [-0.39, 0.29) is 16.8 Å².